The molecule has 0 fully saturated rings. The molecule has 0 radical (unpaired) electrons. The second-order valence-electron chi connectivity index (χ2n) is 7.19. The monoisotopic (exact) mass is 413 g/mol. The van der Waals surface area contributed by atoms with E-state index in [1.807, 2.05) is 45.0 Å². The lowest BCUT2D eigenvalue weighted by atomic mass is 10.2. The van der Waals surface area contributed by atoms with Crippen LogP contribution in [0, 0.1) is 20.8 Å². The number of aromatic nitrogens is 2. The van der Waals surface area contributed by atoms with Crippen molar-refractivity contribution in [2.45, 2.75) is 46.5 Å². The first-order chi connectivity index (χ1) is 13.9. The predicted molar refractivity (Wildman–Crippen MR) is 117 cm³/mol. The third-order valence-corrected chi connectivity index (χ3v) is 5.96. The van der Waals surface area contributed by atoms with Crippen molar-refractivity contribution in [3.05, 3.63) is 56.4 Å². The first-order valence-corrected chi connectivity index (χ1v) is 10.7. The zero-order chi connectivity index (χ0) is 20.8. The highest BCUT2D eigenvalue weighted by Crippen LogP contribution is 2.25. The number of nitrogens with zero attached hydrogens (tertiary/aromatic N) is 1. The molecule has 0 aliphatic heterocycles. The van der Waals surface area contributed by atoms with Crippen LogP contribution in [-0.4, -0.2) is 29.0 Å². The predicted octanol–water partition coefficient (Wildman–Crippen LogP) is 3.82. The van der Waals surface area contributed by atoms with Gasteiger partial charge < -0.3 is 15.0 Å². The third kappa shape index (κ3) is 5.67. The van der Waals surface area contributed by atoms with Gasteiger partial charge in [-0.05, 0) is 51.3 Å². The van der Waals surface area contributed by atoms with Crippen molar-refractivity contribution in [3.63, 3.8) is 0 Å². The molecule has 2 N–H and O–H groups in total. The van der Waals surface area contributed by atoms with Crippen molar-refractivity contribution in [1.29, 1.82) is 0 Å². The minimum Gasteiger partial charge on any atom is -0.494 e. The lowest BCUT2D eigenvalue weighted by Crippen LogP contribution is -2.25. The van der Waals surface area contributed by atoms with Crippen molar-refractivity contribution in [1.82, 2.24) is 15.3 Å². The number of benzene rings is 1. The first-order valence-electron chi connectivity index (χ1n) is 9.89. The van der Waals surface area contributed by atoms with Crippen LogP contribution in [0.5, 0.6) is 5.75 Å². The van der Waals surface area contributed by atoms with Crippen LogP contribution in [0.2, 0.25) is 0 Å². The molecular formula is C22H27N3O3S. The third-order valence-electron chi connectivity index (χ3n) is 4.86. The Balaban J connectivity index is 1.36. The second kappa shape index (κ2) is 9.69. The van der Waals surface area contributed by atoms with Crippen LogP contribution in [0.1, 0.15) is 41.1 Å². The topological polar surface area (TPSA) is 84.1 Å². The van der Waals surface area contributed by atoms with Gasteiger partial charge in [-0.25, -0.2) is 4.98 Å². The van der Waals surface area contributed by atoms with Gasteiger partial charge in [-0.3, -0.25) is 9.59 Å². The number of hydrogen-bond acceptors (Lipinski definition) is 5. The fourth-order valence-electron chi connectivity index (χ4n) is 3.02. The summed E-state index contributed by atoms with van der Waals surface area (Å²) >= 11 is 1.52. The highest BCUT2D eigenvalue weighted by Gasteiger charge is 2.12. The van der Waals surface area contributed by atoms with E-state index < -0.39 is 0 Å². The minimum atomic E-state index is -0.124. The highest BCUT2D eigenvalue weighted by molar-refractivity contribution is 7.18. The van der Waals surface area contributed by atoms with Gasteiger partial charge in [0.2, 0.25) is 5.91 Å². The van der Waals surface area contributed by atoms with Crippen LogP contribution in [0.15, 0.2) is 29.1 Å². The molecule has 29 heavy (non-hydrogen) atoms. The summed E-state index contributed by atoms with van der Waals surface area (Å²) in [7, 11) is 0. The van der Waals surface area contributed by atoms with Gasteiger partial charge in [0, 0.05) is 24.3 Å². The van der Waals surface area contributed by atoms with Gasteiger partial charge in [0.15, 0.2) is 0 Å². The number of rotatable bonds is 9. The molecule has 1 amide bonds. The average molecular weight is 414 g/mol. The van der Waals surface area contributed by atoms with Crippen molar-refractivity contribution >= 4 is 27.5 Å². The number of aryl methyl sites for hydroxylation is 4. The van der Waals surface area contributed by atoms with Crippen molar-refractivity contribution in [2.24, 2.45) is 0 Å². The first kappa shape index (κ1) is 21.0. The Labute approximate surface area is 174 Å². The number of thiophene rings is 1. The highest BCUT2D eigenvalue weighted by atomic mass is 32.1. The molecule has 0 saturated carbocycles. The number of aromatic amines is 1. The van der Waals surface area contributed by atoms with Crippen LogP contribution < -0.4 is 15.6 Å². The number of hydrogen-bond donors (Lipinski definition) is 2. The van der Waals surface area contributed by atoms with E-state index >= 15 is 0 Å². The molecule has 3 rings (SSSR count). The fourth-order valence-corrected chi connectivity index (χ4v) is 4.07. The zero-order valence-electron chi connectivity index (χ0n) is 17.1. The van der Waals surface area contributed by atoms with E-state index in [0.29, 0.717) is 37.2 Å². The number of nitrogens with one attached hydrogen (secondary N) is 2. The van der Waals surface area contributed by atoms with Gasteiger partial charge in [0.25, 0.3) is 5.56 Å². The standard InChI is InChI=1S/C22H27N3O3S/c1-14-6-8-17(9-7-14)28-13-5-4-12-23-19(26)11-10-18-24-21(27)20-15(2)16(3)29-22(20)25-18/h6-9H,4-5,10-13H2,1-3H3,(H,23,26)(H,24,25,27). The smallest absolute Gasteiger partial charge is 0.259 e. The molecule has 2 aromatic heterocycles. The van der Waals surface area contributed by atoms with Gasteiger partial charge in [-0.15, -0.1) is 11.3 Å². The van der Waals surface area contributed by atoms with Crippen LogP contribution in [0.4, 0.5) is 0 Å². The molecule has 7 heteroatoms. The molecule has 6 nitrogen and oxygen atoms in total. The average Bonchev–Trinajstić information content (AvgIpc) is 2.98. The molecule has 0 atom stereocenters. The fraction of sp³-hybridized carbons (Fsp3) is 0.409. The van der Waals surface area contributed by atoms with Crippen LogP contribution >= 0.6 is 11.3 Å². The Hall–Kier alpha value is -2.67. The van der Waals surface area contributed by atoms with Gasteiger partial charge >= 0.3 is 0 Å². The molecule has 0 saturated heterocycles. The Morgan fingerprint density at radius 3 is 2.69 bits per heavy atom. The van der Waals surface area contributed by atoms with Crippen molar-refractivity contribution in [3.8, 4) is 5.75 Å². The molecule has 3 aromatic rings. The van der Waals surface area contributed by atoms with E-state index in [1.54, 1.807) is 0 Å². The van der Waals surface area contributed by atoms with E-state index in [0.717, 1.165) is 33.9 Å². The van der Waals surface area contributed by atoms with Gasteiger partial charge in [0.1, 0.15) is 16.4 Å². The van der Waals surface area contributed by atoms with E-state index in [-0.39, 0.29) is 11.5 Å². The lowest BCUT2D eigenvalue weighted by Gasteiger charge is -2.07. The number of carbonyl (C=O) groups is 1. The minimum absolute atomic E-state index is 0.0364. The Morgan fingerprint density at radius 2 is 1.93 bits per heavy atom. The maximum absolute atomic E-state index is 12.3. The van der Waals surface area contributed by atoms with Crippen molar-refractivity contribution in [2.75, 3.05) is 13.2 Å². The number of unbranched alkanes of at least 4 members (excludes halogenated alkanes) is 1. The van der Waals surface area contributed by atoms with Crippen LogP contribution in [-0.2, 0) is 11.2 Å². The second-order valence-corrected chi connectivity index (χ2v) is 8.40. The lowest BCUT2D eigenvalue weighted by molar-refractivity contribution is -0.121. The largest absolute Gasteiger partial charge is 0.494 e. The summed E-state index contributed by atoms with van der Waals surface area (Å²) in [5.41, 5.74) is 2.06. The maximum Gasteiger partial charge on any atom is 0.259 e. The van der Waals surface area contributed by atoms with E-state index in [1.165, 1.54) is 16.9 Å². The summed E-state index contributed by atoms with van der Waals surface area (Å²) < 4.78 is 5.68. The number of H-pyrrole nitrogens is 1. The molecule has 0 bridgehead atoms. The van der Waals surface area contributed by atoms with Gasteiger partial charge in [0.05, 0.1) is 12.0 Å². The number of fused-ring (bicyclic) bond motifs is 1. The molecule has 0 unspecified atom stereocenters. The summed E-state index contributed by atoms with van der Waals surface area (Å²) in [6.07, 6.45) is 2.45. The summed E-state index contributed by atoms with van der Waals surface area (Å²) in [5.74, 6) is 1.39. The number of ether oxygens (including phenoxy) is 1. The SMILES string of the molecule is Cc1ccc(OCCCCNC(=O)CCc2nc3sc(C)c(C)c3c(=O)[nH]2)cc1. The Morgan fingerprint density at radius 1 is 1.17 bits per heavy atom. The summed E-state index contributed by atoms with van der Waals surface area (Å²) in [6.45, 7) is 7.21. The van der Waals surface area contributed by atoms with Gasteiger partial charge in [-0.1, -0.05) is 17.7 Å². The normalized spacial score (nSPS) is 11.0. The molecule has 0 aliphatic rings. The molecule has 154 valence electrons. The van der Waals surface area contributed by atoms with E-state index in [4.69, 9.17) is 4.74 Å². The molecular weight excluding hydrogens is 386 g/mol. The maximum atomic E-state index is 12.3. The van der Waals surface area contributed by atoms with E-state index in [9.17, 15) is 9.59 Å². The molecule has 2 heterocycles. The van der Waals surface area contributed by atoms with Crippen LogP contribution in [0.3, 0.4) is 0 Å². The van der Waals surface area contributed by atoms with Crippen LogP contribution in [0.25, 0.3) is 10.2 Å². The summed E-state index contributed by atoms with van der Waals surface area (Å²) in [5, 5.41) is 3.57. The summed E-state index contributed by atoms with van der Waals surface area (Å²) in [6, 6.07) is 7.98. The number of amides is 1. The van der Waals surface area contributed by atoms with Gasteiger partial charge in [-0.2, -0.15) is 0 Å². The summed E-state index contributed by atoms with van der Waals surface area (Å²) in [4.78, 5) is 33.5. The molecule has 1 aromatic carbocycles. The Bertz CT molecular complexity index is 1040. The zero-order valence-corrected chi connectivity index (χ0v) is 17.9. The molecule has 0 spiro atoms. The molecule has 0 aliphatic carbocycles. The number of carbonyl (C=O) groups excluding carboxylic acids is 1. The Kier molecular flexibility index (Phi) is 7.04. The van der Waals surface area contributed by atoms with E-state index in [2.05, 4.69) is 15.3 Å². The van der Waals surface area contributed by atoms with Crippen molar-refractivity contribution < 1.29 is 9.53 Å². The quantitative estimate of drug-likeness (QED) is 0.523.